The molecule has 0 saturated carbocycles. The number of rotatable bonds is 4. The summed E-state index contributed by atoms with van der Waals surface area (Å²) >= 11 is 5.86. The second kappa shape index (κ2) is 5.50. The fraction of sp³-hybridized carbons (Fsp3) is 0.167. The molecule has 2 aromatic rings. The molecule has 4 nitrogen and oxygen atoms in total. The first-order valence-electron chi connectivity index (χ1n) is 5.27. The molecule has 0 amide bonds. The fourth-order valence-corrected chi connectivity index (χ4v) is 1.50. The highest BCUT2D eigenvalue weighted by atomic mass is 35.5. The van der Waals surface area contributed by atoms with Crippen LogP contribution in [0.1, 0.15) is 6.92 Å². The monoisotopic (exact) mass is 249 g/mol. The van der Waals surface area contributed by atoms with E-state index >= 15 is 0 Å². The normalized spacial score (nSPS) is 10.0. The second-order valence-corrected chi connectivity index (χ2v) is 3.77. The second-order valence-electron chi connectivity index (χ2n) is 3.33. The van der Waals surface area contributed by atoms with Crippen LogP contribution in [0.2, 0.25) is 5.02 Å². The summed E-state index contributed by atoms with van der Waals surface area (Å²) in [4.78, 5) is 8.29. The van der Waals surface area contributed by atoms with Crippen LogP contribution in [0.4, 0.5) is 5.82 Å². The number of hydrogen-bond donors (Lipinski definition) is 1. The Kier molecular flexibility index (Phi) is 3.77. The Morgan fingerprint density at radius 2 is 2.24 bits per heavy atom. The molecule has 0 radical (unpaired) electrons. The molecule has 1 N–H and O–H groups in total. The molecule has 0 aliphatic heterocycles. The van der Waals surface area contributed by atoms with E-state index in [1.807, 2.05) is 19.1 Å². The Balaban J connectivity index is 2.15. The first-order chi connectivity index (χ1) is 8.28. The van der Waals surface area contributed by atoms with E-state index in [1.54, 1.807) is 24.5 Å². The molecule has 5 heteroatoms. The molecule has 1 aromatic heterocycles. The summed E-state index contributed by atoms with van der Waals surface area (Å²) in [5.41, 5.74) is 0. The summed E-state index contributed by atoms with van der Waals surface area (Å²) in [5, 5.41) is 3.69. The van der Waals surface area contributed by atoms with Crippen LogP contribution < -0.4 is 10.1 Å². The van der Waals surface area contributed by atoms with E-state index in [0.717, 1.165) is 6.54 Å². The number of halogens is 1. The summed E-state index contributed by atoms with van der Waals surface area (Å²) in [6.07, 6.45) is 3.20. The molecule has 0 bridgehead atoms. The third kappa shape index (κ3) is 3.32. The Hall–Kier alpha value is -1.81. The van der Waals surface area contributed by atoms with Gasteiger partial charge in [-0.15, -0.1) is 0 Å². The number of nitrogens with one attached hydrogen (secondary N) is 1. The van der Waals surface area contributed by atoms with E-state index in [0.29, 0.717) is 22.5 Å². The third-order valence-corrected chi connectivity index (χ3v) is 2.22. The number of ether oxygens (including phenoxy) is 1. The third-order valence-electron chi connectivity index (χ3n) is 1.99. The number of anilines is 1. The van der Waals surface area contributed by atoms with Gasteiger partial charge >= 0.3 is 0 Å². The largest absolute Gasteiger partial charge is 0.437 e. The van der Waals surface area contributed by atoms with E-state index < -0.39 is 0 Å². The van der Waals surface area contributed by atoms with Crippen molar-refractivity contribution in [2.24, 2.45) is 0 Å². The molecule has 2 rings (SSSR count). The number of hydrogen-bond acceptors (Lipinski definition) is 4. The maximum Gasteiger partial charge on any atom is 0.239 e. The van der Waals surface area contributed by atoms with E-state index in [9.17, 15) is 0 Å². The highest BCUT2D eigenvalue weighted by Crippen LogP contribution is 2.22. The van der Waals surface area contributed by atoms with Gasteiger partial charge in [0.05, 0.1) is 12.4 Å². The molecular weight excluding hydrogens is 238 g/mol. The minimum absolute atomic E-state index is 0.436. The quantitative estimate of drug-likeness (QED) is 0.903. The van der Waals surface area contributed by atoms with Crippen molar-refractivity contribution in [1.29, 1.82) is 0 Å². The van der Waals surface area contributed by atoms with Crippen molar-refractivity contribution >= 4 is 17.4 Å². The lowest BCUT2D eigenvalue weighted by Gasteiger charge is -2.06. The summed E-state index contributed by atoms with van der Waals surface area (Å²) in [6, 6.07) is 7.14. The summed E-state index contributed by atoms with van der Waals surface area (Å²) < 4.78 is 5.55. The van der Waals surface area contributed by atoms with Crippen LogP contribution in [0.5, 0.6) is 11.6 Å². The van der Waals surface area contributed by atoms with Crippen LogP contribution in [0, 0.1) is 0 Å². The zero-order valence-electron chi connectivity index (χ0n) is 9.35. The lowest BCUT2D eigenvalue weighted by molar-refractivity contribution is 0.461. The predicted octanol–water partition coefficient (Wildman–Crippen LogP) is 3.35. The van der Waals surface area contributed by atoms with Gasteiger partial charge in [-0.3, -0.25) is 4.98 Å². The smallest absolute Gasteiger partial charge is 0.239 e. The van der Waals surface area contributed by atoms with Crippen LogP contribution in [0.25, 0.3) is 0 Å². The fourth-order valence-electron chi connectivity index (χ4n) is 1.31. The highest BCUT2D eigenvalue weighted by molar-refractivity contribution is 6.30. The van der Waals surface area contributed by atoms with Gasteiger partial charge in [0.1, 0.15) is 11.6 Å². The van der Waals surface area contributed by atoms with E-state index in [2.05, 4.69) is 15.3 Å². The molecule has 0 spiro atoms. The zero-order valence-corrected chi connectivity index (χ0v) is 10.1. The van der Waals surface area contributed by atoms with Gasteiger partial charge in [-0.1, -0.05) is 17.7 Å². The number of aromatic nitrogens is 2. The summed E-state index contributed by atoms with van der Waals surface area (Å²) in [6.45, 7) is 2.78. The molecule has 0 aliphatic carbocycles. The van der Waals surface area contributed by atoms with Gasteiger partial charge in [0.15, 0.2) is 0 Å². The Morgan fingerprint density at radius 1 is 1.35 bits per heavy atom. The van der Waals surface area contributed by atoms with Crippen LogP contribution in [-0.4, -0.2) is 16.5 Å². The molecular formula is C12H12ClN3O. The van der Waals surface area contributed by atoms with E-state index in [-0.39, 0.29) is 0 Å². The summed E-state index contributed by atoms with van der Waals surface area (Å²) in [7, 11) is 0. The van der Waals surface area contributed by atoms with Gasteiger partial charge in [-0.25, -0.2) is 0 Å². The van der Waals surface area contributed by atoms with Crippen LogP contribution in [0.15, 0.2) is 36.7 Å². The zero-order chi connectivity index (χ0) is 12.1. The lowest BCUT2D eigenvalue weighted by atomic mass is 10.3. The molecule has 17 heavy (non-hydrogen) atoms. The van der Waals surface area contributed by atoms with Gasteiger partial charge in [-0.05, 0) is 25.1 Å². The molecule has 0 fully saturated rings. The Bertz CT molecular complexity index is 505. The van der Waals surface area contributed by atoms with Crippen LogP contribution in [0.3, 0.4) is 0 Å². The van der Waals surface area contributed by atoms with Gasteiger partial charge in [0, 0.05) is 11.6 Å². The lowest BCUT2D eigenvalue weighted by Crippen LogP contribution is -2.00. The molecule has 0 saturated heterocycles. The van der Waals surface area contributed by atoms with Gasteiger partial charge in [0.25, 0.3) is 0 Å². The Morgan fingerprint density at radius 3 is 3.00 bits per heavy atom. The minimum atomic E-state index is 0.436. The van der Waals surface area contributed by atoms with Gasteiger partial charge < -0.3 is 10.1 Å². The first-order valence-corrected chi connectivity index (χ1v) is 5.65. The topological polar surface area (TPSA) is 47.0 Å². The molecule has 1 heterocycles. The first kappa shape index (κ1) is 11.7. The molecule has 88 valence electrons. The average molecular weight is 250 g/mol. The molecule has 0 unspecified atom stereocenters. The van der Waals surface area contributed by atoms with Crippen molar-refractivity contribution in [2.45, 2.75) is 6.92 Å². The van der Waals surface area contributed by atoms with Crippen molar-refractivity contribution in [2.75, 3.05) is 11.9 Å². The van der Waals surface area contributed by atoms with Crippen molar-refractivity contribution in [3.63, 3.8) is 0 Å². The molecule has 0 atom stereocenters. The van der Waals surface area contributed by atoms with Crippen molar-refractivity contribution in [3.05, 3.63) is 41.7 Å². The maximum absolute atomic E-state index is 5.86. The van der Waals surface area contributed by atoms with Crippen molar-refractivity contribution < 1.29 is 4.74 Å². The van der Waals surface area contributed by atoms with Crippen LogP contribution in [-0.2, 0) is 0 Å². The average Bonchev–Trinajstić information content (AvgIpc) is 2.30. The molecule has 0 aliphatic rings. The maximum atomic E-state index is 5.86. The highest BCUT2D eigenvalue weighted by Gasteiger charge is 2.01. The number of benzene rings is 1. The Labute approximate surface area is 105 Å². The standard InChI is InChI=1S/C12H12ClN3O/c1-2-15-11-7-14-8-12(16-11)17-10-5-3-4-9(13)6-10/h3-8H,2H2,1H3,(H,15,16). The van der Waals surface area contributed by atoms with Crippen LogP contribution >= 0.6 is 11.6 Å². The van der Waals surface area contributed by atoms with E-state index in [4.69, 9.17) is 16.3 Å². The summed E-state index contributed by atoms with van der Waals surface area (Å²) in [5.74, 6) is 1.76. The molecule has 1 aromatic carbocycles. The number of nitrogens with zero attached hydrogens (tertiary/aromatic N) is 2. The van der Waals surface area contributed by atoms with E-state index in [1.165, 1.54) is 0 Å². The van der Waals surface area contributed by atoms with Crippen molar-refractivity contribution in [3.8, 4) is 11.6 Å². The van der Waals surface area contributed by atoms with Gasteiger partial charge in [-0.2, -0.15) is 4.98 Å². The SMILES string of the molecule is CCNc1cncc(Oc2cccc(Cl)c2)n1. The van der Waals surface area contributed by atoms with Gasteiger partial charge in [0.2, 0.25) is 5.88 Å². The minimum Gasteiger partial charge on any atom is -0.437 e. The van der Waals surface area contributed by atoms with Crippen molar-refractivity contribution in [1.82, 2.24) is 9.97 Å². The predicted molar refractivity (Wildman–Crippen MR) is 67.7 cm³/mol.